The van der Waals surface area contributed by atoms with Crippen molar-refractivity contribution in [1.29, 1.82) is 0 Å². The Balaban J connectivity index is 1.30. The molecule has 4 rings (SSSR count). The van der Waals surface area contributed by atoms with Crippen LogP contribution in [-0.2, 0) is 17.7 Å². The van der Waals surface area contributed by atoms with Crippen LogP contribution in [-0.4, -0.2) is 72.3 Å². The number of hydrogen-bond acceptors (Lipinski definition) is 7. The maximum atomic E-state index is 12.6. The molecule has 10 nitrogen and oxygen atoms in total. The molecule has 1 fully saturated rings. The molecule has 38 heavy (non-hydrogen) atoms. The van der Waals surface area contributed by atoms with E-state index < -0.39 is 0 Å². The van der Waals surface area contributed by atoms with Crippen LogP contribution >= 0.6 is 0 Å². The van der Waals surface area contributed by atoms with Crippen LogP contribution in [0.15, 0.2) is 54.9 Å². The van der Waals surface area contributed by atoms with Crippen molar-refractivity contribution >= 4 is 37.0 Å². The molecule has 0 bridgehead atoms. The van der Waals surface area contributed by atoms with Crippen LogP contribution in [0, 0.1) is 0 Å². The number of ether oxygens (including phenoxy) is 1. The minimum atomic E-state index is -0.320. The molecule has 0 atom stereocenters. The number of anilines is 3. The second kappa shape index (κ2) is 13.0. The lowest BCUT2D eigenvalue weighted by atomic mass is 9.92. The van der Waals surface area contributed by atoms with E-state index in [-0.39, 0.29) is 11.9 Å². The van der Waals surface area contributed by atoms with Gasteiger partial charge in [-0.1, -0.05) is 19.3 Å². The summed E-state index contributed by atoms with van der Waals surface area (Å²) in [7, 11) is 2.14. The Morgan fingerprint density at radius 2 is 1.58 bits per heavy atom. The van der Waals surface area contributed by atoms with E-state index in [2.05, 4.69) is 62.6 Å². The van der Waals surface area contributed by atoms with E-state index in [1.807, 2.05) is 6.07 Å². The standard InChI is InChI=1S/C27H34BN7O3/c1-3-34-10-12-35(13-11-34)17-20-4-5-23(14-21(20)16-28)33-27(37)32-22-6-8-24(9-7-22)38-26-15-25(29-18-30-26)31-19(2)36/h4-9,14-15,18H,3,10-13,16-17,28H2,1-2H3,(H2,32,33,37)(H,29,30,31,36). The first kappa shape index (κ1) is 27.1. The molecule has 2 heterocycles. The molecule has 3 amide bonds. The summed E-state index contributed by atoms with van der Waals surface area (Å²) in [5, 5.41) is 8.37. The van der Waals surface area contributed by atoms with Gasteiger partial charge in [-0.25, -0.2) is 14.8 Å². The highest BCUT2D eigenvalue weighted by molar-refractivity contribution is 6.08. The van der Waals surface area contributed by atoms with Crippen LogP contribution in [0.3, 0.4) is 0 Å². The average molecular weight is 515 g/mol. The van der Waals surface area contributed by atoms with Gasteiger partial charge in [0.1, 0.15) is 25.7 Å². The molecule has 1 saturated heterocycles. The van der Waals surface area contributed by atoms with Gasteiger partial charge in [0.15, 0.2) is 0 Å². The van der Waals surface area contributed by atoms with Crippen molar-refractivity contribution in [2.45, 2.75) is 26.7 Å². The van der Waals surface area contributed by atoms with Crippen LogP contribution in [0.4, 0.5) is 22.0 Å². The van der Waals surface area contributed by atoms with Gasteiger partial charge in [0, 0.05) is 57.1 Å². The summed E-state index contributed by atoms with van der Waals surface area (Å²) in [5.41, 5.74) is 3.94. The number of rotatable bonds is 9. The number of likely N-dealkylation sites (N-methyl/N-ethyl adjacent to an activating group) is 1. The highest BCUT2D eigenvalue weighted by Gasteiger charge is 2.17. The summed E-state index contributed by atoms with van der Waals surface area (Å²) in [6, 6.07) is 14.3. The summed E-state index contributed by atoms with van der Waals surface area (Å²) in [6.07, 6.45) is 2.21. The normalized spacial score (nSPS) is 14.1. The third kappa shape index (κ3) is 7.77. The van der Waals surface area contributed by atoms with Gasteiger partial charge in [-0.05, 0) is 54.1 Å². The fraction of sp³-hybridized carbons (Fsp3) is 0.333. The predicted molar refractivity (Wildman–Crippen MR) is 152 cm³/mol. The first-order chi connectivity index (χ1) is 18.4. The van der Waals surface area contributed by atoms with E-state index in [1.165, 1.54) is 30.4 Å². The fourth-order valence-corrected chi connectivity index (χ4v) is 4.36. The van der Waals surface area contributed by atoms with Crippen molar-refractivity contribution in [1.82, 2.24) is 19.8 Å². The summed E-state index contributed by atoms with van der Waals surface area (Å²) >= 11 is 0. The number of amides is 3. The van der Waals surface area contributed by atoms with Crippen molar-refractivity contribution in [2.24, 2.45) is 0 Å². The summed E-state index contributed by atoms with van der Waals surface area (Å²) in [5.74, 6) is 0.945. The molecule has 0 radical (unpaired) electrons. The molecule has 198 valence electrons. The summed E-state index contributed by atoms with van der Waals surface area (Å²) < 4.78 is 5.72. The molecule has 1 aromatic heterocycles. The van der Waals surface area contributed by atoms with Crippen molar-refractivity contribution in [2.75, 3.05) is 48.7 Å². The second-order valence-electron chi connectivity index (χ2n) is 9.18. The lowest BCUT2D eigenvalue weighted by molar-refractivity contribution is -0.114. The summed E-state index contributed by atoms with van der Waals surface area (Å²) in [4.78, 5) is 36.8. The van der Waals surface area contributed by atoms with Gasteiger partial charge < -0.3 is 25.6 Å². The molecule has 0 spiro atoms. The van der Waals surface area contributed by atoms with Gasteiger partial charge in [-0.2, -0.15) is 0 Å². The molecule has 3 N–H and O–H groups in total. The number of piperazine rings is 1. The van der Waals surface area contributed by atoms with E-state index >= 15 is 0 Å². The zero-order chi connectivity index (χ0) is 26.9. The third-order valence-corrected chi connectivity index (χ3v) is 6.43. The van der Waals surface area contributed by atoms with Crippen molar-refractivity contribution < 1.29 is 14.3 Å². The number of urea groups is 1. The number of hydrogen-bond donors (Lipinski definition) is 3. The molecular formula is C27H34BN7O3. The molecule has 2 aromatic carbocycles. The molecule has 0 unspecified atom stereocenters. The highest BCUT2D eigenvalue weighted by Crippen LogP contribution is 2.23. The van der Waals surface area contributed by atoms with Gasteiger partial charge in [-0.15, -0.1) is 0 Å². The lowest BCUT2D eigenvalue weighted by Gasteiger charge is -2.34. The van der Waals surface area contributed by atoms with Gasteiger partial charge in [-0.3, -0.25) is 9.69 Å². The Labute approximate surface area is 224 Å². The second-order valence-corrected chi connectivity index (χ2v) is 9.18. The Hall–Kier alpha value is -3.96. The van der Waals surface area contributed by atoms with Gasteiger partial charge in [0.2, 0.25) is 11.8 Å². The molecule has 0 aliphatic carbocycles. The molecular weight excluding hydrogens is 481 g/mol. The van der Waals surface area contributed by atoms with Crippen LogP contribution < -0.4 is 20.7 Å². The highest BCUT2D eigenvalue weighted by atomic mass is 16.5. The molecule has 11 heteroatoms. The Morgan fingerprint density at radius 1 is 0.895 bits per heavy atom. The number of carbonyl (C=O) groups is 2. The Kier molecular flexibility index (Phi) is 9.28. The number of benzene rings is 2. The molecule has 1 aliphatic rings. The average Bonchev–Trinajstić information content (AvgIpc) is 2.91. The quantitative estimate of drug-likeness (QED) is 0.376. The Bertz CT molecular complexity index is 1250. The SMILES string of the molecule is BCc1cc(NC(=O)Nc2ccc(Oc3cc(NC(C)=O)ncn3)cc2)ccc1CN1CCN(CC)CC1. The van der Waals surface area contributed by atoms with Gasteiger partial charge in [0.25, 0.3) is 0 Å². The topological polar surface area (TPSA) is 112 Å². The Morgan fingerprint density at radius 3 is 2.26 bits per heavy atom. The minimum absolute atomic E-state index is 0.230. The van der Waals surface area contributed by atoms with E-state index in [1.54, 1.807) is 24.3 Å². The molecule has 0 saturated carbocycles. The fourth-order valence-electron chi connectivity index (χ4n) is 4.36. The smallest absolute Gasteiger partial charge is 0.323 e. The first-order valence-electron chi connectivity index (χ1n) is 12.9. The molecule has 3 aromatic rings. The molecule has 1 aliphatic heterocycles. The van der Waals surface area contributed by atoms with E-state index in [4.69, 9.17) is 4.74 Å². The van der Waals surface area contributed by atoms with E-state index in [9.17, 15) is 9.59 Å². The summed E-state index contributed by atoms with van der Waals surface area (Å²) in [6.45, 7) is 10.1. The minimum Gasteiger partial charge on any atom is -0.439 e. The monoisotopic (exact) mass is 515 g/mol. The van der Waals surface area contributed by atoms with Crippen LogP contribution in [0.25, 0.3) is 0 Å². The maximum absolute atomic E-state index is 12.6. The van der Waals surface area contributed by atoms with Crippen LogP contribution in [0.1, 0.15) is 25.0 Å². The number of nitrogens with zero attached hydrogens (tertiary/aromatic N) is 4. The number of aromatic nitrogens is 2. The van der Waals surface area contributed by atoms with E-state index in [0.29, 0.717) is 23.1 Å². The number of carbonyl (C=O) groups excluding carboxylic acids is 2. The van der Waals surface area contributed by atoms with Crippen LogP contribution in [0.2, 0.25) is 0 Å². The van der Waals surface area contributed by atoms with Crippen molar-refractivity contribution in [3.05, 3.63) is 66.0 Å². The maximum Gasteiger partial charge on any atom is 0.323 e. The largest absolute Gasteiger partial charge is 0.439 e. The third-order valence-electron chi connectivity index (χ3n) is 6.43. The van der Waals surface area contributed by atoms with Crippen molar-refractivity contribution in [3.63, 3.8) is 0 Å². The zero-order valence-corrected chi connectivity index (χ0v) is 22.2. The lowest BCUT2D eigenvalue weighted by Crippen LogP contribution is -2.45. The van der Waals surface area contributed by atoms with Crippen molar-refractivity contribution in [3.8, 4) is 11.6 Å². The van der Waals surface area contributed by atoms with E-state index in [0.717, 1.165) is 51.3 Å². The van der Waals surface area contributed by atoms with Crippen LogP contribution in [0.5, 0.6) is 11.6 Å². The zero-order valence-electron chi connectivity index (χ0n) is 22.2. The van der Waals surface area contributed by atoms with Gasteiger partial charge >= 0.3 is 6.03 Å². The first-order valence-corrected chi connectivity index (χ1v) is 12.9. The number of nitrogens with one attached hydrogen (secondary N) is 3. The predicted octanol–water partition coefficient (Wildman–Crippen LogP) is 3.14. The van der Waals surface area contributed by atoms with Gasteiger partial charge in [0.05, 0.1) is 0 Å².